The summed E-state index contributed by atoms with van der Waals surface area (Å²) in [5.41, 5.74) is 0.580. The molecular weight excluding hydrogens is 242 g/mol. The highest BCUT2D eigenvalue weighted by molar-refractivity contribution is 5.75. The van der Waals surface area contributed by atoms with Gasteiger partial charge in [0.1, 0.15) is 5.41 Å². The summed E-state index contributed by atoms with van der Waals surface area (Å²) in [5, 5.41) is 9.39. The summed E-state index contributed by atoms with van der Waals surface area (Å²) in [5.74, 6) is -0.224. The maximum absolute atomic E-state index is 11.4. The van der Waals surface area contributed by atoms with E-state index in [1.165, 1.54) is 5.56 Å². The van der Waals surface area contributed by atoms with E-state index in [-0.39, 0.29) is 6.04 Å². The van der Waals surface area contributed by atoms with Crippen molar-refractivity contribution in [3.05, 3.63) is 35.9 Å². The van der Waals surface area contributed by atoms with Gasteiger partial charge in [0.15, 0.2) is 0 Å². The number of carboxylic acids is 1. The van der Waals surface area contributed by atoms with Gasteiger partial charge in [0.2, 0.25) is 0 Å². The molecule has 1 aromatic rings. The molecule has 0 bridgehead atoms. The molecule has 2 unspecified atom stereocenters. The lowest BCUT2D eigenvalue weighted by Crippen LogP contribution is -2.58. The third-order valence-corrected chi connectivity index (χ3v) is 4.52. The molecule has 2 saturated heterocycles. The summed E-state index contributed by atoms with van der Waals surface area (Å²) >= 11 is 0. The summed E-state index contributed by atoms with van der Waals surface area (Å²) < 4.78 is 5.41. The van der Waals surface area contributed by atoms with Crippen LogP contribution in [0.2, 0.25) is 0 Å². The predicted molar refractivity (Wildman–Crippen MR) is 71.1 cm³/mol. The molecule has 0 spiro atoms. The molecule has 0 amide bonds. The van der Waals surface area contributed by atoms with E-state index in [1.807, 2.05) is 6.07 Å². The Bertz CT molecular complexity index is 470. The van der Waals surface area contributed by atoms with Gasteiger partial charge >= 0.3 is 5.97 Å². The van der Waals surface area contributed by atoms with Gasteiger partial charge in [-0.3, -0.25) is 9.69 Å². The lowest BCUT2D eigenvalue weighted by Gasteiger charge is -2.46. The number of benzene rings is 1. The van der Waals surface area contributed by atoms with Crippen molar-refractivity contribution >= 4 is 5.97 Å². The number of aliphatic carboxylic acids is 1. The van der Waals surface area contributed by atoms with E-state index in [0.29, 0.717) is 19.1 Å². The average molecular weight is 261 g/mol. The Labute approximate surface area is 113 Å². The van der Waals surface area contributed by atoms with Gasteiger partial charge in [0.05, 0.1) is 19.3 Å². The van der Waals surface area contributed by atoms with E-state index >= 15 is 0 Å². The van der Waals surface area contributed by atoms with Crippen LogP contribution in [-0.2, 0) is 9.53 Å². The number of ether oxygens (including phenoxy) is 1. The fraction of sp³-hybridized carbons (Fsp3) is 0.533. The molecule has 3 rings (SSSR count). The smallest absolute Gasteiger partial charge is 0.313 e. The monoisotopic (exact) mass is 261 g/mol. The first-order valence-electron chi connectivity index (χ1n) is 6.71. The van der Waals surface area contributed by atoms with Gasteiger partial charge in [-0.2, -0.15) is 0 Å². The number of rotatable bonds is 3. The van der Waals surface area contributed by atoms with Crippen molar-refractivity contribution in [3.63, 3.8) is 0 Å². The molecule has 4 heteroatoms. The summed E-state index contributed by atoms with van der Waals surface area (Å²) in [4.78, 5) is 13.7. The number of hydrogen-bond acceptors (Lipinski definition) is 3. The predicted octanol–water partition coefficient (Wildman–Crippen LogP) is 1.58. The number of likely N-dealkylation sites (tertiary alicyclic amines) is 1. The topological polar surface area (TPSA) is 49.8 Å². The van der Waals surface area contributed by atoms with Gasteiger partial charge in [-0.15, -0.1) is 0 Å². The minimum atomic E-state index is -0.762. The quantitative estimate of drug-likeness (QED) is 0.897. The maximum Gasteiger partial charge on any atom is 0.313 e. The number of hydrogen-bond donors (Lipinski definition) is 1. The van der Waals surface area contributed by atoms with E-state index < -0.39 is 11.4 Å². The Morgan fingerprint density at radius 3 is 2.68 bits per heavy atom. The van der Waals surface area contributed by atoms with Gasteiger partial charge in [0.25, 0.3) is 0 Å². The van der Waals surface area contributed by atoms with Crippen molar-refractivity contribution in [2.24, 2.45) is 5.41 Å². The minimum Gasteiger partial charge on any atom is -0.481 e. The van der Waals surface area contributed by atoms with Crippen molar-refractivity contribution in [2.75, 3.05) is 26.3 Å². The molecule has 1 N–H and O–H groups in total. The fourth-order valence-electron chi connectivity index (χ4n) is 3.08. The van der Waals surface area contributed by atoms with Crippen molar-refractivity contribution in [1.82, 2.24) is 4.90 Å². The van der Waals surface area contributed by atoms with Crippen LogP contribution in [0.25, 0.3) is 0 Å². The van der Waals surface area contributed by atoms with Gasteiger partial charge in [-0.05, 0) is 12.5 Å². The van der Waals surface area contributed by atoms with E-state index in [1.54, 1.807) is 6.92 Å². The largest absolute Gasteiger partial charge is 0.481 e. The summed E-state index contributed by atoms with van der Waals surface area (Å²) in [7, 11) is 0. The number of nitrogens with zero attached hydrogens (tertiary/aromatic N) is 1. The molecule has 0 aliphatic carbocycles. The van der Waals surface area contributed by atoms with E-state index in [4.69, 9.17) is 4.74 Å². The first kappa shape index (κ1) is 12.6. The molecule has 2 fully saturated rings. The first-order valence-corrected chi connectivity index (χ1v) is 6.71. The van der Waals surface area contributed by atoms with Gasteiger partial charge < -0.3 is 9.84 Å². The Balaban J connectivity index is 1.66. The van der Waals surface area contributed by atoms with Crippen LogP contribution in [0.1, 0.15) is 18.4 Å². The molecular formula is C15H19NO3. The minimum absolute atomic E-state index is 0.00459. The second kappa shape index (κ2) is 4.62. The highest BCUT2D eigenvalue weighted by atomic mass is 16.5. The number of carboxylic acid groups (broad SMARTS) is 1. The molecule has 1 aromatic carbocycles. The lowest BCUT2D eigenvalue weighted by molar-refractivity contribution is -0.151. The summed E-state index contributed by atoms with van der Waals surface area (Å²) in [6.45, 7) is 4.51. The molecule has 2 aliphatic rings. The van der Waals surface area contributed by atoms with Gasteiger partial charge in [-0.1, -0.05) is 30.3 Å². The van der Waals surface area contributed by atoms with Crippen LogP contribution in [0, 0.1) is 5.41 Å². The summed E-state index contributed by atoms with van der Waals surface area (Å²) in [6.07, 6.45) is 0. The zero-order valence-electron chi connectivity index (χ0n) is 11.1. The highest BCUT2D eigenvalue weighted by Gasteiger charge is 2.51. The van der Waals surface area contributed by atoms with Crippen LogP contribution in [0.3, 0.4) is 0 Å². The second-order valence-corrected chi connectivity index (χ2v) is 5.82. The normalized spacial score (nSPS) is 32.2. The molecule has 0 aromatic heterocycles. The average Bonchev–Trinajstić information content (AvgIpc) is 2.73. The standard InChI is InChI=1S/C15H19NO3/c1-15(14(17)18)10-19-9-13(15)16-7-12(8-16)11-5-3-2-4-6-11/h2-6,12-13H,7-10H2,1H3,(H,17,18). The van der Waals surface area contributed by atoms with Gasteiger partial charge in [0, 0.05) is 19.0 Å². The molecule has 2 aliphatic heterocycles. The molecule has 2 heterocycles. The Morgan fingerprint density at radius 2 is 2.05 bits per heavy atom. The van der Waals surface area contributed by atoms with E-state index in [9.17, 15) is 9.90 Å². The lowest BCUT2D eigenvalue weighted by atomic mass is 9.80. The molecule has 0 radical (unpaired) electrons. The zero-order chi connectivity index (χ0) is 13.5. The van der Waals surface area contributed by atoms with Crippen molar-refractivity contribution in [3.8, 4) is 0 Å². The Hall–Kier alpha value is -1.39. The van der Waals surface area contributed by atoms with Crippen LogP contribution in [-0.4, -0.2) is 48.3 Å². The molecule has 19 heavy (non-hydrogen) atoms. The first-order chi connectivity index (χ1) is 9.11. The van der Waals surface area contributed by atoms with Gasteiger partial charge in [-0.25, -0.2) is 0 Å². The van der Waals surface area contributed by atoms with Crippen molar-refractivity contribution in [2.45, 2.75) is 18.9 Å². The van der Waals surface area contributed by atoms with Crippen LogP contribution in [0.4, 0.5) is 0 Å². The third-order valence-electron chi connectivity index (χ3n) is 4.52. The van der Waals surface area contributed by atoms with E-state index in [0.717, 1.165) is 13.1 Å². The second-order valence-electron chi connectivity index (χ2n) is 5.82. The van der Waals surface area contributed by atoms with Crippen LogP contribution in [0.5, 0.6) is 0 Å². The highest BCUT2D eigenvalue weighted by Crippen LogP contribution is 2.38. The Morgan fingerprint density at radius 1 is 1.37 bits per heavy atom. The maximum atomic E-state index is 11.4. The molecule has 2 atom stereocenters. The van der Waals surface area contributed by atoms with Crippen LogP contribution < -0.4 is 0 Å². The molecule has 0 saturated carbocycles. The fourth-order valence-corrected chi connectivity index (χ4v) is 3.08. The third kappa shape index (κ3) is 2.05. The van der Waals surface area contributed by atoms with Crippen LogP contribution >= 0.6 is 0 Å². The number of carbonyl (C=O) groups is 1. The van der Waals surface area contributed by atoms with Crippen LogP contribution in [0.15, 0.2) is 30.3 Å². The van der Waals surface area contributed by atoms with Crippen molar-refractivity contribution < 1.29 is 14.6 Å². The Kier molecular flexibility index (Phi) is 3.07. The molecule has 102 valence electrons. The van der Waals surface area contributed by atoms with E-state index in [2.05, 4.69) is 29.2 Å². The SMILES string of the molecule is CC1(C(=O)O)COCC1N1CC(c2ccccc2)C1. The van der Waals surface area contributed by atoms with Crippen molar-refractivity contribution in [1.29, 1.82) is 0 Å². The molecule has 4 nitrogen and oxygen atoms in total. The zero-order valence-corrected chi connectivity index (χ0v) is 11.1. The summed E-state index contributed by atoms with van der Waals surface area (Å²) in [6, 6.07) is 10.4.